The number of benzene rings is 3. The van der Waals surface area contributed by atoms with Crippen LogP contribution in [-0.4, -0.2) is 63.1 Å². The number of piperidine rings is 1. The van der Waals surface area contributed by atoms with Crippen molar-refractivity contribution in [2.24, 2.45) is 5.92 Å². The Labute approximate surface area is 230 Å². The number of likely N-dealkylation sites (tertiary alicyclic amines) is 1. The highest BCUT2D eigenvalue weighted by Crippen LogP contribution is 2.46. The molecule has 204 valence electrons. The summed E-state index contributed by atoms with van der Waals surface area (Å²) in [7, 11) is 6.50. The third-order valence-corrected chi connectivity index (χ3v) is 8.19. The Bertz CT molecular complexity index is 1320. The number of nitrogens with zero attached hydrogens (tertiary/aromatic N) is 2. The smallest absolute Gasteiger partial charge is 0.254 e. The number of hydrogen-bond donors (Lipinski definition) is 0. The van der Waals surface area contributed by atoms with Crippen molar-refractivity contribution in [3.8, 4) is 17.2 Å². The molecule has 0 saturated carbocycles. The summed E-state index contributed by atoms with van der Waals surface area (Å²) in [6.45, 7) is 1.39. The first-order chi connectivity index (χ1) is 18.9. The molecule has 7 nitrogen and oxygen atoms in total. The van der Waals surface area contributed by atoms with Crippen LogP contribution in [0.25, 0.3) is 0 Å². The Hall–Kier alpha value is -4.00. The quantitative estimate of drug-likeness (QED) is 0.427. The average molecular weight is 529 g/mol. The van der Waals surface area contributed by atoms with E-state index in [1.165, 1.54) is 5.56 Å². The molecule has 0 unspecified atom stereocenters. The van der Waals surface area contributed by atoms with Crippen LogP contribution in [-0.2, 0) is 11.2 Å². The molecule has 0 aromatic heterocycles. The van der Waals surface area contributed by atoms with Crippen molar-refractivity contribution in [1.29, 1.82) is 0 Å². The number of hydrogen-bond acceptors (Lipinski definition) is 5. The summed E-state index contributed by atoms with van der Waals surface area (Å²) in [6.07, 6.45) is 2.93. The average Bonchev–Trinajstić information content (AvgIpc) is 2.99. The second-order valence-corrected chi connectivity index (χ2v) is 10.4. The van der Waals surface area contributed by atoms with Gasteiger partial charge in [-0.3, -0.25) is 9.59 Å². The number of amides is 2. The molecule has 0 bridgehead atoms. The van der Waals surface area contributed by atoms with Crippen LogP contribution >= 0.6 is 0 Å². The summed E-state index contributed by atoms with van der Waals surface area (Å²) in [5.41, 5.74) is 3.36. The molecule has 2 amide bonds. The van der Waals surface area contributed by atoms with Crippen molar-refractivity contribution in [2.75, 3.05) is 41.5 Å². The van der Waals surface area contributed by atoms with Crippen LogP contribution in [0.3, 0.4) is 0 Å². The minimum atomic E-state index is -0.582. The largest absolute Gasteiger partial charge is 0.497 e. The second-order valence-electron chi connectivity index (χ2n) is 10.4. The molecule has 7 heteroatoms. The Morgan fingerprint density at radius 2 is 1.51 bits per heavy atom. The molecule has 3 aromatic carbocycles. The summed E-state index contributed by atoms with van der Waals surface area (Å²) in [5, 5.41) is 0. The summed E-state index contributed by atoms with van der Waals surface area (Å²) < 4.78 is 16.4. The van der Waals surface area contributed by atoms with E-state index in [2.05, 4.69) is 24.3 Å². The number of methoxy groups -OCH3 is 3. The van der Waals surface area contributed by atoms with Gasteiger partial charge in [0.2, 0.25) is 5.91 Å². The van der Waals surface area contributed by atoms with Crippen LogP contribution in [0.1, 0.15) is 51.8 Å². The van der Waals surface area contributed by atoms with E-state index >= 15 is 0 Å². The van der Waals surface area contributed by atoms with Crippen LogP contribution in [0.15, 0.2) is 66.7 Å². The number of carbonyl (C=O) groups excluding carboxylic acids is 2. The number of likely N-dealkylation sites (N-methyl/N-ethyl adjacent to an activating group) is 1. The normalized spacial score (nSPS) is 19.4. The van der Waals surface area contributed by atoms with Crippen LogP contribution in [0.5, 0.6) is 17.2 Å². The van der Waals surface area contributed by atoms with E-state index in [0.29, 0.717) is 41.6 Å². The van der Waals surface area contributed by atoms with Crippen molar-refractivity contribution >= 4 is 11.8 Å². The SMILES string of the molecule is COc1ccc([C@@H]2[C@H](C(=O)N3CCC(Cc4ccccc4)CC3)c3cc(OC)c(OC)cc3C(=O)N2C)cc1. The maximum absolute atomic E-state index is 14.4. The maximum atomic E-state index is 14.4. The van der Waals surface area contributed by atoms with E-state index < -0.39 is 12.0 Å². The van der Waals surface area contributed by atoms with Gasteiger partial charge in [-0.05, 0) is 66.1 Å². The fourth-order valence-corrected chi connectivity index (χ4v) is 6.03. The van der Waals surface area contributed by atoms with Crippen LogP contribution < -0.4 is 14.2 Å². The highest BCUT2D eigenvalue weighted by Gasteiger charge is 2.45. The van der Waals surface area contributed by atoms with Crippen molar-refractivity contribution in [1.82, 2.24) is 9.80 Å². The van der Waals surface area contributed by atoms with Gasteiger partial charge in [0.15, 0.2) is 11.5 Å². The van der Waals surface area contributed by atoms with Gasteiger partial charge in [-0.25, -0.2) is 0 Å². The lowest BCUT2D eigenvalue weighted by Crippen LogP contribution is -2.48. The molecule has 39 heavy (non-hydrogen) atoms. The lowest BCUT2D eigenvalue weighted by atomic mass is 9.78. The maximum Gasteiger partial charge on any atom is 0.254 e. The van der Waals surface area contributed by atoms with Gasteiger partial charge in [0.25, 0.3) is 5.91 Å². The van der Waals surface area contributed by atoms with Crippen LogP contribution in [0.4, 0.5) is 0 Å². The predicted molar refractivity (Wildman–Crippen MR) is 150 cm³/mol. The van der Waals surface area contributed by atoms with Crippen molar-refractivity contribution in [2.45, 2.75) is 31.2 Å². The van der Waals surface area contributed by atoms with E-state index in [1.807, 2.05) is 35.2 Å². The summed E-state index contributed by atoms with van der Waals surface area (Å²) in [5.74, 6) is 1.52. The number of rotatable bonds is 7. The first-order valence-electron chi connectivity index (χ1n) is 13.4. The van der Waals surface area contributed by atoms with Gasteiger partial charge in [0, 0.05) is 25.7 Å². The Kier molecular flexibility index (Phi) is 7.77. The fourth-order valence-electron chi connectivity index (χ4n) is 6.03. The molecule has 3 aromatic rings. The van der Waals surface area contributed by atoms with Gasteiger partial charge in [0.05, 0.1) is 33.3 Å². The molecule has 2 heterocycles. The fraction of sp³-hybridized carbons (Fsp3) is 0.375. The number of carbonyl (C=O) groups is 2. The summed E-state index contributed by atoms with van der Waals surface area (Å²) in [4.78, 5) is 31.7. The van der Waals surface area contributed by atoms with E-state index in [4.69, 9.17) is 14.2 Å². The van der Waals surface area contributed by atoms with Gasteiger partial charge >= 0.3 is 0 Å². The first kappa shape index (κ1) is 26.6. The molecule has 2 aliphatic rings. The van der Waals surface area contributed by atoms with Crippen molar-refractivity contribution in [3.05, 3.63) is 89.0 Å². The molecule has 0 spiro atoms. The number of ether oxygens (including phenoxy) is 3. The van der Waals surface area contributed by atoms with Crippen molar-refractivity contribution in [3.63, 3.8) is 0 Å². The molecule has 1 saturated heterocycles. The monoisotopic (exact) mass is 528 g/mol. The van der Waals surface area contributed by atoms with E-state index in [-0.39, 0.29) is 11.8 Å². The van der Waals surface area contributed by atoms with Gasteiger partial charge < -0.3 is 24.0 Å². The highest BCUT2D eigenvalue weighted by molar-refractivity contribution is 6.02. The molecular formula is C32H36N2O5. The number of fused-ring (bicyclic) bond motifs is 1. The van der Waals surface area contributed by atoms with Crippen LogP contribution in [0, 0.1) is 5.92 Å². The lowest BCUT2D eigenvalue weighted by Gasteiger charge is -2.43. The van der Waals surface area contributed by atoms with E-state index in [9.17, 15) is 9.59 Å². The molecule has 2 aliphatic heterocycles. The van der Waals surface area contributed by atoms with Crippen molar-refractivity contribution < 1.29 is 23.8 Å². The molecule has 5 rings (SSSR count). The molecule has 0 radical (unpaired) electrons. The topological polar surface area (TPSA) is 68.3 Å². The van der Waals surface area contributed by atoms with Gasteiger partial charge in [0.1, 0.15) is 5.75 Å². The summed E-state index contributed by atoms with van der Waals surface area (Å²) in [6, 6.07) is 21.2. The molecule has 0 aliphatic carbocycles. The zero-order chi connectivity index (χ0) is 27.5. The van der Waals surface area contributed by atoms with Gasteiger partial charge in [-0.2, -0.15) is 0 Å². The Balaban J connectivity index is 1.49. The van der Waals surface area contributed by atoms with E-state index in [0.717, 1.165) is 30.6 Å². The minimum absolute atomic E-state index is 0.0294. The summed E-state index contributed by atoms with van der Waals surface area (Å²) >= 11 is 0. The second kappa shape index (κ2) is 11.4. The standard InChI is InChI=1S/C32H36N2O5/c1-33-30(23-10-12-24(37-2)13-11-23)29(25-19-27(38-3)28(39-4)20-26(25)31(33)35)32(36)34-16-14-22(15-17-34)18-21-8-6-5-7-9-21/h5-13,19-20,22,29-30H,14-18H2,1-4H3/t29-,30-/m1/s1. The third kappa shape index (κ3) is 5.18. The molecule has 0 N–H and O–H groups in total. The lowest BCUT2D eigenvalue weighted by molar-refractivity contribution is -0.136. The zero-order valence-corrected chi connectivity index (χ0v) is 23.1. The van der Waals surface area contributed by atoms with E-state index in [1.54, 1.807) is 45.4 Å². The van der Waals surface area contributed by atoms with Crippen LogP contribution in [0.2, 0.25) is 0 Å². The predicted octanol–water partition coefficient (Wildman–Crippen LogP) is 5.10. The molecule has 1 fully saturated rings. The Morgan fingerprint density at radius 1 is 0.872 bits per heavy atom. The first-order valence-corrected chi connectivity index (χ1v) is 13.4. The third-order valence-electron chi connectivity index (χ3n) is 8.19. The zero-order valence-electron chi connectivity index (χ0n) is 23.1. The molecular weight excluding hydrogens is 492 g/mol. The van der Waals surface area contributed by atoms with Gasteiger partial charge in [-0.15, -0.1) is 0 Å². The highest BCUT2D eigenvalue weighted by atomic mass is 16.5. The Morgan fingerprint density at radius 3 is 2.13 bits per heavy atom. The van der Waals surface area contributed by atoms with Gasteiger partial charge in [-0.1, -0.05) is 42.5 Å². The molecule has 2 atom stereocenters. The minimum Gasteiger partial charge on any atom is -0.497 e.